The van der Waals surface area contributed by atoms with Crippen molar-refractivity contribution in [2.24, 2.45) is 5.92 Å². The van der Waals surface area contributed by atoms with E-state index in [-0.39, 0.29) is 17.3 Å². The Labute approximate surface area is 160 Å². The molecule has 0 saturated carbocycles. The van der Waals surface area contributed by atoms with Crippen molar-refractivity contribution in [3.05, 3.63) is 65.5 Å². The Hall–Kier alpha value is -2.20. The summed E-state index contributed by atoms with van der Waals surface area (Å²) in [6, 6.07) is 15.9. The highest BCUT2D eigenvalue weighted by molar-refractivity contribution is 6.00. The quantitative estimate of drug-likeness (QED) is 0.708. The largest absolute Gasteiger partial charge is 0.496 e. The van der Waals surface area contributed by atoms with E-state index in [4.69, 9.17) is 4.74 Å². The normalized spacial score (nSPS) is 25.2. The lowest BCUT2D eigenvalue weighted by Gasteiger charge is -2.48. The van der Waals surface area contributed by atoms with Crippen LogP contribution in [0.2, 0.25) is 0 Å². The van der Waals surface area contributed by atoms with Crippen LogP contribution in [0.5, 0.6) is 5.75 Å². The molecule has 4 rings (SSSR count). The van der Waals surface area contributed by atoms with E-state index in [1.54, 1.807) is 12.1 Å². The molecular formula is C23H26FNO2. The molecule has 2 fully saturated rings. The van der Waals surface area contributed by atoms with Crippen LogP contribution in [-0.2, 0) is 6.54 Å². The molecule has 2 heterocycles. The van der Waals surface area contributed by atoms with Gasteiger partial charge in [-0.2, -0.15) is 0 Å². The Morgan fingerprint density at radius 1 is 1.07 bits per heavy atom. The van der Waals surface area contributed by atoms with E-state index in [0.29, 0.717) is 17.8 Å². The van der Waals surface area contributed by atoms with Gasteiger partial charge in [-0.3, -0.25) is 9.69 Å². The van der Waals surface area contributed by atoms with Gasteiger partial charge >= 0.3 is 0 Å². The second-order valence-electron chi connectivity index (χ2n) is 7.75. The molecule has 2 bridgehead atoms. The number of rotatable bonds is 5. The van der Waals surface area contributed by atoms with Gasteiger partial charge in [-0.1, -0.05) is 42.8 Å². The molecule has 2 unspecified atom stereocenters. The first-order chi connectivity index (χ1) is 13.2. The molecule has 0 spiro atoms. The number of methoxy groups -OCH3 is 1. The van der Waals surface area contributed by atoms with Gasteiger partial charge in [0, 0.05) is 24.5 Å². The molecule has 0 N–H and O–H groups in total. The molecule has 0 radical (unpaired) electrons. The molecule has 142 valence electrons. The average molecular weight is 367 g/mol. The molecule has 4 heteroatoms. The van der Waals surface area contributed by atoms with Crippen LogP contribution in [0.25, 0.3) is 0 Å². The highest BCUT2D eigenvalue weighted by atomic mass is 19.1. The summed E-state index contributed by atoms with van der Waals surface area (Å²) >= 11 is 0. The van der Waals surface area contributed by atoms with E-state index in [1.165, 1.54) is 25.2 Å². The van der Waals surface area contributed by atoms with Gasteiger partial charge in [-0.25, -0.2) is 4.39 Å². The fourth-order valence-electron chi connectivity index (χ4n) is 4.86. The van der Waals surface area contributed by atoms with Crippen molar-refractivity contribution in [1.82, 2.24) is 4.90 Å². The lowest BCUT2D eigenvalue weighted by atomic mass is 9.75. The van der Waals surface area contributed by atoms with Crippen molar-refractivity contribution in [2.45, 2.75) is 50.7 Å². The molecule has 27 heavy (non-hydrogen) atoms. The van der Waals surface area contributed by atoms with Crippen LogP contribution in [0.15, 0.2) is 48.5 Å². The third kappa shape index (κ3) is 3.63. The number of nitrogens with zero attached hydrogens (tertiary/aromatic N) is 1. The van der Waals surface area contributed by atoms with Crippen LogP contribution < -0.4 is 4.74 Å². The minimum atomic E-state index is -0.476. The monoisotopic (exact) mass is 367 g/mol. The number of fused-ring (bicyclic) bond motifs is 2. The fraction of sp³-hybridized carbons (Fsp3) is 0.435. The minimum absolute atomic E-state index is 0.0961. The van der Waals surface area contributed by atoms with Crippen molar-refractivity contribution in [3.63, 3.8) is 0 Å². The van der Waals surface area contributed by atoms with Gasteiger partial charge in [0.15, 0.2) is 5.78 Å². The Bertz CT molecular complexity index is 793. The maximum atomic E-state index is 14.4. The smallest absolute Gasteiger partial charge is 0.172 e. The van der Waals surface area contributed by atoms with Gasteiger partial charge in [0.2, 0.25) is 0 Å². The minimum Gasteiger partial charge on any atom is -0.496 e. The lowest BCUT2D eigenvalue weighted by molar-refractivity contribution is 0.00887. The number of carbonyl (C=O) groups is 1. The first-order valence-corrected chi connectivity index (χ1v) is 9.83. The van der Waals surface area contributed by atoms with Crippen molar-refractivity contribution in [3.8, 4) is 5.75 Å². The number of carbonyl (C=O) groups excluding carboxylic acids is 1. The van der Waals surface area contributed by atoms with Gasteiger partial charge in [0.25, 0.3) is 0 Å². The molecule has 2 aliphatic rings. The van der Waals surface area contributed by atoms with E-state index in [9.17, 15) is 9.18 Å². The molecule has 2 aromatic carbocycles. The number of hydrogen-bond acceptors (Lipinski definition) is 3. The zero-order chi connectivity index (χ0) is 18.8. The SMILES string of the molecule is COc1cccc(F)c1C(=O)C1CC2CCCC(C1)N2Cc1ccccc1. The summed E-state index contributed by atoms with van der Waals surface area (Å²) in [7, 11) is 1.49. The van der Waals surface area contributed by atoms with E-state index in [1.807, 2.05) is 6.07 Å². The van der Waals surface area contributed by atoms with Crippen molar-refractivity contribution in [2.75, 3.05) is 7.11 Å². The van der Waals surface area contributed by atoms with Crippen LogP contribution >= 0.6 is 0 Å². The predicted molar refractivity (Wildman–Crippen MR) is 103 cm³/mol. The van der Waals surface area contributed by atoms with Gasteiger partial charge in [0.05, 0.1) is 12.7 Å². The second kappa shape index (κ2) is 7.81. The van der Waals surface area contributed by atoms with Gasteiger partial charge in [0.1, 0.15) is 11.6 Å². The molecule has 3 nitrogen and oxygen atoms in total. The number of hydrogen-bond donors (Lipinski definition) is 0. The molecule has 2 aromatic rings. The molecule has 2 saturated heterocycles. The van der Waals surface area contributed by atoms with Crippen molar-refractivity contribution < 1.29 is 13.9 Å². The van der Waals surface area contributed by atoms with Gasteiger partial charge in [-0.05, 0) is 43.4 Å². The Kier molecular flexibility index (Phi) is 5.26. The Morgan fingerprint density at radius 2 is 1.78 bits per heavy atom. The zero-order valence-electron chi connectivity index (χ0n) is 15.7. The summed E-state index contributed by atoms with van der Waals surface area (Å²) in [5.41, 5.74) is 1.44. The van der Waals surface area contributed by atoms with Crippen LogP contribution in [0, 0.1) is 11.7 Å². The van der Waals surface area contributed by atoms with E-state index < -0.39 is 5.82 Å². The number of ketones is 1. The van der Waals surface area contributed by atoms with Crippen LogP contribution in [-0.4, -0.2) is 29.9 Å². The third-order valence-corrected chi connectivity index (χ3v) is 6.15. The molecule has 2 aliphatic heterocycles. The van der Waals surface area contributed by atoms with Crippen LogP contribution in [0.4, 0.5) is 4.39 Å². The molecule has 0 amide bonds. The summed E-state index contributed by atoms with van der Waals surface area (Å²) in [4.78, 5) is 15.7. The first kappa shape index (κ1) is 18.2. The predicted octanol–water partition coefficient (Wildman–Crippen LogP) is 4.85. The highest BCUT2D eigenvalue weighted by Gasteiger charge is 2.41. The molecule has 0 aliphatic carbocycles. The summed E-state index contributed by atoms with van der Waals surface area (Å²) in [6.45, 7) is 0.931. The topological polar surface area (TPSA) is 29.5 Å². The van der Waals surface area contributed by atoms with Crippen molar-refractivity contribution in [1.29, 1.82) is 0 Å². The second-order valence-corrected chi connectivity index (χ2v) is 7.75. The van der Waals surface area contributed by atoms with Crippen LogP contribution in [0.3, 0.4) is 0 Å². The van der Waals surface area contributed by atoms with Gasteiger partial charge < -0.3 is 4.74 Å². The fourth-order valence-corrected chi connectivity index (χ4v) is 4.86. The lowest BCUT2D eigenvalue weighted by Crippen LogP contribution is -2.52. The standard InChI is InChI=1S/C23H26FNO2/c1-27-21-12-6-11-20(24)22(21)23(26)17-13-18-9-5-10-19(14-17)25(18)15-16-7-3-2-4-8-16/h2-4,6-8,11-12,17-19H,5,9-10,13-15H2,1H3. The van der Waals surface area contributed by atoms with E-state index >= 15 is 0 Å². The molecule has 2 atom stereocenters. The van der Waals surface area contributed by atoms with Crippen molar-refractivity contribution >= 4 is 5.78 Å². The first-order valence-electron chi connectivity index (χ1n) is 9.83. The Morgan fingerprint density at radius 3 is 2.44 bits per heavy atom. The third-order valence-electron chi connectivity index (χ3n) is 6.15. The average Bonchev–Trinajstić information content (AvgIpc) is 2.68. The maximum Gasteiger partial charge on any atom is 0.172 e. The maximum absolute atomic E-state index is 14.4. The number of halogens is 1. The molecular weight excluding hydrogens is 341 g/mol. The highest BCUT2D eigenvalue weighted by Crippen LogP contribution is 2.40. The zero-order valence-corrected chi connectivity index (χ0v) is 15.7. The van der Waals surface area contributed by atoms with E-state index in [2.05, 4.69) is 29.2 Å². The number of Topliss-reactive ketones (excluding diaryl/α,β-unsaturated/α-hetero) is 1. The molecule has 0 aromatic heterocycles. The summed E-state index contributed by atoms with van der Waals surface area (Å²) in [5, 5.41) is 0. The van der Waals surface area contributed by atoms with Crippen LogP contribution in [0.1, 0.15) is 48.0 Å². The Balaban J connectivity index is 1.54. The number of benzene rings is 2. The van der Waals surface area contributed by atoms with E-state index in [0.717, 1.165) is 32.2 Å². The summed E-state index contributed by atoms with van der Waals surface area (Å²) in [5.74, 6) is -0.354. The number of ether oxygens (including phenoxy) is 1. The van der Waals surface area contributed by atoms with Gasteiger partial charge in [-0.15, -0.1) is 0 Å². The summed E-state index contributed by atoms with van der Waals surface area (Å²) in [6.07, 6.45) is 5.05. The number of piperidine rings is 2. The summed E-state index contributed by atoms with van der Waals surface area (Å²) < 4.78 is 19.6.